The molecule has 2 aliphatic rings. The molecule has 1 aromatic carbocycles. The number of hydrogen-bond donors (Lipinski definition) is 1. The van der Waals surface area contributed by atoms with E-state index in [4.69, 9.17) is 10.1 Å². The fourth-order valence-electron chi connectivity index (χ4n) is 3.27. The molecule has 0 radical (unpaired) electrons. The van der Waals surface area contributed by atoms with Crippen LogP contribution in [0.25, 0.3) is 0 Å². The highest BCUT2D eigenvalue weighted by Crippen LogP contribution is 2.39. The molecule has 5 nitrogen and oxygen atoms in total. The Morgan fingerprint density at radius 1 is 1.19 bits per heavy atom. The van der Waals surface area contributed by atoms with Crippen molar-refractivity contribution in [3.8, 4) is 0 Å². The predicted molar refractivity (Wildman–Crippen MR) is 78.1 cm³/mol. The van der Waals surface area contributed by atoms with Crippen molar-refractivity contribution in [3.05, 3.63) is 35.9 Å². The van der Waals surface area contributed by atoms with Gasteiger partial charge >= 0.3 is 5.97 Å². The number of carboxylic acid groups (broad SMARTS) is 1. The average molecular weight is 286 g/mol. The maximum Gasteiger partial charge on any atom is 0.323 e. The number of carboxylic acids is 1. The molecular formula is C16H18N2O3. The first-order valence-corrected chi connectivity index (χ1v) is 7.31. The van der Waals surface area contributed by atoms with Crippen LogP contribution in [0.2, 0.25) is 0 Å². The summed E-state index contributed by atoms with van der Waals surface area (Å²) in [6, 6.07) is 9.29. The van der Waals surface area contributed by atoms with Crippen molar-refractivity contribution in [2.75, 3.05) is 6.54 Å². The van der Waals surface area contributed by atoms with Crippen LogP contribution in [0.4, 0.5) is 0 Å². The molecule has 1 amide bonds. The lowest BCUT2D eigenvalue weighted by Crippen LogP contribution is -2.50. The first kappa shape index (κ1) is 13.8. The van der Waals surface area contributed by atoms with E-state index < -0.39 is 11.6 Å². The molecule has 1 N–H and O–H groups in total. The van der Waals surface area contributed by atoms with Crippen LogP contribution in [-0.2, 0) is 9.59 Å². The zero-order valence-electron chi connectivity index (χ0n) is 11.8. The first-order valence-electron chi connectivity index (χ1n) is 7.31. The zero-order valence-corrected chi connectivity index (χ0v) is 11.8. The van der Waals surface area contributed by atoms with Crippen LogP contribution in [0.3, 0.4) is 0 Å². The number of aliphatic imine (C=N–C) groups is 1. The van der Waals surface area contributed by atoms with Gasteiger partial charge in [-0.2, -0.15) is 0 Å². The van der Waals surface area contributed by atoms with E-state index in [2.05, 4.69) is 0 Å². The van der Waals surface area contributed by atoms with E-state index in [1.165, 1.54) is 4.90 Å². The number of carbonyl (C=O) groups excluding carboxylic acids is 1. The molecule has 1 fully saturated rings. The van der Waals surface area contributed by atoms with Crippen LogP contribution in [0.15, 0.2) is 35.3 Å². The van der Waals surface area contributed by atoms with Gasteiger partial charge in [0.15, 0.2) is 0 Å². The number of amides is 1. The summed E-state index contributed by atoms with van der Waals surface area (Å²) in [5, 5.41) is 9.12. The molecule has 1 spiro atoms. The molecule has 1 aromatic rings. The van der Waals surface area contributed by atoms with Crippen molar-refractivity contribution in [2.45, 2.75) is 37.8 Å². The van der Waals surface area contributed by atoms with Crippen molar-refractivity contribution in [3.63, 3.8) is 0 Å². The van der Waals surface area contributed by atoms with Crippen LogP contribution in [-0.4, -0.2) is 39.8 Å². The lowest BCUT2D eigenvalue weighted by atomic mass is 9.88. The molecule has 110 valence electrons. The highest BCUT2D eigenvalue weighted by molar-refractivity contribution is 6.47. The topological polar surface area (TPSA) is 70.0 Å². The Hall–Kier alpha value is -2.17. The van der Waals surface area contributed by atoms with Crippen LogP contribution in [0, 0.1) is 0 Å². The SMILES string of the molecule is O=C(O)CN1C(=O)C(c2ccccc2)=NC12CCCCC2. The Bertz CT molecular complexity index is 589. The Labute approximate surface area is 123 Å². The summed E-state index contributed by atoms with van der Waals surface area (Å²) in [4.78, 5) is 29.9. The molecule has 0 bridgehead atoms. The van der Waals surface area contributed by atoms with Gasteiger partial charge in [-0.25, -0.2) is 0 Å². The first-order chi connectivity index (χ1) is 10.1. The van der Waals surface area contributed by atoms with Crippen LogP contribution < -0.4 is 0 Å². The van der Waals surface area contributed by atoms with Gasteiger partial charge in [-0.15, -0.1) is 0 Å². The predicted octanol–water partition coefficient (Wildman–Crippen LogP) is 2.06. The molecule has 1 heterocycles. The molecule has 0 unspecified atom stereocenters. The minimum absolute atomic E-state index is 0.259. The Balaban J connectivity index is 2.00. The fraction of sp³-hybridized carbons (Fsp3) is 0.438. The Morgan fingerprint density at radius 2 is 1.86 bits per heavy atom. The minimum atomic E-state index is -0.988. The summed E-state index contributed by atoms with van der Waals surface area (Å²) in [6.07, 6.45) is 4.59. The smallest absolute Gasteiger partial charge is 0.323 e. The van der Waals surface area contributed by atoms with Gasteiger partial charge in [-0.3, -0.25) is 14.6 Å². The van der Waals surface area contributed by atoms with E-state index in [9.17, 15) is 9.59 Å². The van der Waals surface area contributed by atoms with Gasteiger partial charge in [0, 0.05) is 5.56 Å². The molecule has 1 aliphatic heterocycles. The summed E-state index contributed by atoms with van der Waals surface area (Å²) >= 11 is 0. The number of carbonyl (C=O) groups is 2. The summed E-state index contributed by atoms with van der Waals surface area (Å²) in [5.74, 6) is -1.25. The quantitative estimate of drug-likeness (QED) is 0.924. The van der Waals surface area contributed by atoms with Gasteiger partial charge in [0.2, 0.25) is 0 Å². The molecule has 5 heteroatoms. The Morgan fingerprint density at radius 3 is 2.48 bits per heavy atom. The molecule has 1 aliphatic carbocycles. The monoisotopic (exact) mass is 286 g/mol. The number of benzene rings is 1. The van der Waals surface area contributed by atoms with Gasteiger partial charge in [-0.1, -0.05) is 36.8 Å². The number of aliphatic carboxylic acids is 1. The van der Waals surface area contributed by atoms with E-state index in [1.807, 2.05) is 30.3 Å². The number of hydrogen-bond acceptors (Lipinski definition) is 3. The number of rotatable bonds is 3. The van der Waals surface area contributed by atoms with Crippen LogP contribution in [0.5, 0.6) is 0 Å². The molecule has 1 saturated carbocycles. The summed E-state index contributed by atoms with van der Waals surface area (Å²) < 4.78 is 0. The lowest BCUT2D eigenvalue weighted by Gasteiger charge is -2.38. The molecule has 21 heavy (non-hydrogen) atoms. The molecule has 0 saturated heterocycles. The van der Waals surface area contributed by atoms with Gasteiger partial charge in [0.1, 0.15) is 17.9 Å². The maximum atomic E-state index is 12.6. The molecular weight excluding hydrogens is 268 g/mol. The number of nitrogens with zero attached hydrogens (tertiary/aromatic N) is 2. The van der Waals surface area contributed by atoms with E-state index in [0.29, 0.717) is 5.71 Å². The fourth-order valence-corrected chi connectivity index (χ4v) is 3.27. The second-order valence-electron chi connectivity index (χ2n) is 5.65. The highest BCUT2D eigenvalue weighted by atomic mass is 16.4. The average Bonchev–Trinajstić information content (AvgIpc) is 2.75. The Kier molecular flexibility index (Phi) is 3.49. The third-order valence-corrected chi connectivity index (χ3v) is 4.26. The third kappa shape index (κ3) is 2.44. The van der Waals surface area contributed by atoms with Gasteiger partial charge in [-0.05, 0) is 25.7 Å². The normalized spacial score (nSPS) is 20.7. The van der Waals surface area contributed by atoms with E-state index >= 15 is 0 Å². The van der Waals surface area contributed by atoms with E-state index in [0.717, 1.165) is 37.7 Å². The van der Waals surface area contributed by atoms with Crippen molar-refractivity contribution >= 4 is 17.6 Å². The van der Waals surface area contributed by atoms with Gasteiger partial charge in [0.05, 0.1) is 0 Å². The molecule has 0 atom stereocenters. The van der Waals surface area contributed by atoms with E-state index in [1.54, 1.807) is 0 Å². The standard InChI is InChI=1S/C16H18N2O3/c19-13(20)11-18-15(21)14(12-7-3-1-4-8-12)17-16(18)9-5-2-6-10-16/h1,3-4,7-8H,2,5-6,9-11H2,(H,19,20). The highest BCUT2D eigenvalue weighted by Gasteiger charge is 2.48. The molecule has 0 aromatic heterocycles. The largest absolute Gasteiger partial charge is 0.480 e. The van der Waals surface area contributed by atoms with Crippen LogP contribution >= 0.6 is 0 Å². The van der Waals surface area contributed by atoms with Crippen molar-refractivity contribution in [1.82, 2.24) is 4.90 Å². The summed E-state index contributed by atoms with van der Waals surface area (Å²) in [7, 11) is 0. The van der Waals surface area contributed by atoms with Gasteiger partial charge in [0.25, 0.3) is 5.91 Å². The van der Waals surface area contributed by atoms with Crippen molar-refractivity contribution in [1.29, 1.82) is 0 Å². The summed E-state index contributed by atoms with van der Waals surface area (Å²) in [5.41, 5.74) is 0.526. The second-order valence-corrected chi connectivity index (χ2v) is 5.65. The minimum Gasteiger partial charge on any atom is -0.480 e. The van der Waals surface area contributed by atoms with E-state index in [-0.39, 0.29) is 12.5 Å². The van der Waals surface area contributed by atoms with Crippen molar-refractivity contribution < 1.29 is 14.7 Å². The lowest BCUT2D eigenvalue weighted by molar-refractivity contribution is -0.145. The third-order valence-electron chi connectivity index (χ3n) is 4.26. The summed E-state index contributed by atoms with van der Waals surface area (Å²) in [6.45, 7) is -0.279. The van der Waals surface area contributed by atoms with Gasteiger partial charge < -0.3 is 10.0 Å². The van der Waals surface area contributed by atoms with Crippen LogP contribution in [0.1, 0.15) is 37.7 Å². The molecule has 3 rings (SSSR count). The maximum absolute atomic E-state index is 12.6. The van der Waals surface area contributed by atoms with Crippen molar-refractivity contribution in [2.24, 2.45) is 4.99 Å². The second kappa shape index (κ2) is 5.31. The zero-order chi connectivity index (χ0) is 14.9.